The number of nitrogens with zero attached hydrogens (tertiary/aromatic N) is 1. The second kappa shape index (κ2) is 6.47. The average Bonchev–Trinajstić information content (AvgIpc) is 2.69. The lowest BCUT2D eigenvalue weighted by Gasteiger charge is -2.32. The molecule has 2 aromatic carbocycles. The number of benzene rings is 2. The van der Waals surface area contributed by atoms with Gasteiger partial charge >= 0.3 is 5.63 Å². The lowest BCUT2D eigenvalue weighted by molar-refractivity contribution is 0.289. The van der Waals surface area contributed by atoms with Gasteiger partial charge in [0.15, 0.2) is 6.73 Å². The molecule has 2 aliphatic rings. The third-order valence-electron chi connectivity index (χ3n) is 5.40. The lowest BCUT2D eigenvalue weighted by atomic mass is 9.90. The molecule has 4 nitrogen and oxygen atoms in total. The Morgan fingerprint density at radius 1 is 1.00 bits per heavy atom. The highest BCUT2D eigenvalue weighted by Gasteiger charge is 2.27. The normalized spacial score (nSPS) is 16.0. The zero-order valence-electron chi connectivity index (χ0n) is 14.6. The van der Waals surface area contributed by atoms with Crippen LogP contribution >= 0.6 is 23.2 Å². The van der Waals surface area contributed by atoms with Crippen LogP contribution in [0.15, 0.2) is 39.5 Å². The van der Waals surface area contributed by atoms with Crippen molar-refractivity contribution >= 4 is 39.9 Å². The van der Waals surface area contributed by atoms with Crippen molar-refractivity contribution in [3.8, 4) is 5.75 Å². The molecule has 0 unspecified atom stereocenters. The molecule has 138 valence electrons. The number of anilines is 1. The summed E-state index contributed by atoms with van der Waals surface area (Å²) in [6.45, 7) is 0.891. The summed E-state index contributed by atoms with van der Waals surface area (Å²) in [4.78, 5) is 14.6. The SMILES string of the molecule is O=c1oc2c3c(c(Cl)cc2c2c1CCCC2)OCN(c1cccc(Cl)c1)C3. The van der Waals surface area contributed by atoms with Crippen LogP contribution in [-0.2, 0) is 19.4 Å². The monoisotopic (exact) mass is 401 g/mol. The summed E-state index contributed by atoms with van der Waals surface area (Å²) >= 11 is 12.7. The largest absolute Gasteiger partial charge is 0.471 e. The summed E-state index contributed by atoms with van der Waals surface area (Å²) in [6, 6.07) is 9.49. The van der Waals surface area contributed by atoms with E-state index in [2.05, 4.69) is 0 Å². The van der Waals surface area contributed by atoms with Crippen molar-refractivity contribution in [2.45, 2.75) is 32.2 Å². The average molecular weight is 402 g/mol. The maximum Gasteiger partial charge on any atom is 0.339 e. The Kier molecular flexibility index (Phi) is 4.06. The smallest absolute Gasteiger partial charge is 0.339 e. The van der Waals surface area contributed by atoms with Gasteiger partial charge in [-0.1, -0.05) is 29.3 Å². The predicted octanol–water partition coefficient (Wildman–Crippen LogP) is 5.34. The van der Waals surface area contributed by atoms with E-state index in [-0.39, 0.29) is 5.63 Å². The molecular weight excluding hydrogens is 385 g/mol. The molecule has 0 amide bonds. The molecule has 0 N–H and O–H groups in total. The first-order chi connectivity index (χ1) is 13.1. The molecule has 0 bridgehead atoms. The highest BCUT2D eigenvalue weighted by molar-refractivity contribution is 6.33. The maximum atomic E-state index is 12.6. The topological polar surface area (TPSA) is 42.7 Å². The predicted molar refractivity (Wildman–Crippen MR) is 107 cm³/mol. The minimum Gasteiger partial charge on any atom is -0.471 e. The van der Waals surface area contributed by atoms with Crippen molar-refractivity contribution in [3.63, 3.8) is 0 Å². The Balaban J connectivity index is 1.70. The van der Waals surface area contributed by atoms with E-state index >= 15 is 0 Å². The van der Waals surface area contributed by atoms with Crippen molar-refractivity contribution in [2.75, 3.05) is 11.6 Å². The Hall–Kier alpha value is -2.17. The molecule has 5 rings (SSSR count). The second-order valence-electron chi connectivity index (χ2n) is 7.05. The van der Waals surface area contributed by atoms with Crippen LogP contribution in [-0.4, -0.2) is 6.73 Å². The molecule has 0 saturated carbocycles. The Bertz CT molecular complexity index is 1120. The van der Waals surface area contributed by atoms with E-state index in [4.69, 9.17) is 32.4 Å². The summed E-state index contributed by atoms with van der Waals surface area (Å²) in [7, 11) is 0. The van der Waals surface area contributed by atoms with E-state index in [9.17, 15) is 4.79 Å². The minimum atomic E-state index is -0.235. The first-order valence-electron chi connectivity index (χ1n) is 9.05. The van der Waals surface area contributed by atoms with Gasteiger partial charge < -0.3 is 14.1 Å². The van der Waals surface area contributed by atoms with Crippen LogP contribution in [0.2, 0.25) is 10.0 Å². The zero-order valence-corrected chi connectivity index (χ0v) is 16.1. The van der Waals surface area contributed by atoms with Gasteiger partial charge in [-0.2, -0.15) is 0 Å². The fraction of sp³-hybridized carbons (Fsp3) is 0.286. The van der Waals surface area contributed by atoms with Crippen molar-refractivity contribution in [2.24, 2.45) is 0 Å². The van der Waals surface area contributed by atoms with Gasteiger partial charge in [-0.15, -0.1) is 0 Å². The quantitative estimate of drug-likeness (QED) is 0.516. The maximum absolute atomic E-state index is 12.6. The van der Waals surface area contributed by atoms with Crippen LogP contribution < -0.4 is 15.3 Å². The number of hydrogen-bond acceptors (Lipinski definition) is 4. The van der Waals surface area contributed by atoms with E-state index in [1.807, 2.05) is 35.2 Å². The Morgan fingerprint density at radius 3 is 2.63 bits per heavy atom. The number of hydrogen-bond donors (Lipinski definition) is 0. The summed E-state index contributed by atoms with van der Waals surface area (Å²) in [5, 5.41) is 2.16. The first kappa shape index (κ1) is 17.0. The van der Waals surface area contributed by atoms with Gasteiger partial charge in [-0.05, 0) is 55.5 Å². The molecule has 3 aromatic rings. The van der Waals surface area contributed by atoms with E-state index in [1.54, 1.807) is 0 Å². The summed E-state index contributed by atoms with van der Waals surface area (Å²) in [5.74, 6) is 0.598. The Labute approximate surface area is 166 Å². The molecular formula is C21H17Cl2NO3. The van der Waals surface area contributed by atoms with E-state index in [0.29, 0.717) is 34.7 Å². The number of ether oxygens (including phenoxy) is 1. The number of rotatable bonds is 1. The fourth-order valence-electron chi connectivity index (χ4n) is 4.11. The molecule has 27 heavy (non-hydrogen) atoms. The summed E-state index contributed by atoms with van der Waals surface area (Å²) < 4.78 is 11.7. The molecule has 0 radical (unpaired) electrons. The standard InChI is InChI=1S/C21H17Cl2NO3/c22-12-4-3-5-13(8-12)24-10-17-19-16(9-18(23)20(17)26-11-24)14-6-1-2-7-15(14)21(25)27-19/h3-5,8-9H,1-2,6-7,10-11H2. The highest BCUT2D eigenvalue weighted by atomic mass is 35.5. The molecule has 0 fully saturated rings. The van der Waals surface area contributed by atoms with Crippen LogP contribution in [0.25, 0.3) is 11.0 Å². The van der Waals surface area contributed by atoms with Crippen LogP contribution in [0.3, 0.4) is 0 Å². The Morgan fingerprint density at radius 2 is 1.81 bits per heavy atom. The summed E-state index contributed by atoms with van der Waals surface area (Å²) in [6.07, 6.45) is 3.75. The van der Waals surface area contributed by atoms with E-state index in [1.165, 1.54) is 0 Å². The zero-order chi connectivity index (χ0) is 18.5. The van der Waals surface area contributed by atoms with Crippen LogP contribution in [0.5, 0.6) is 5.75 Å². The molecule has 0 saturated heterocycles. The van der Waals surface area contributed by atoms with E-state index < -0.39 is 0 Å². The van der Waals surface area contributed by atoms with Crippen LogP contribution in [0.1, 0.15) is 29.5 Å². The van der Waals surface area contributed by atoms with Gasteiger partial charge in [0.05, 0.1) is 17.1 Å². The number of fused-ring (bicyclic) bond motifs is 5. The van der Waals surface area contributed by atoms with Gasteiger partial charge in [0.25, 0.3) is 0 Å². The molecule has 6 heteroatoms. The first-order valence-corrected chi connectivity index (χ1v) is 9.80. The molecule has 0 spiro atoms. The van der Waals surface area contributed by atoms with Gasteiger partial charge in [-0.25, -0.2) is 4.79 Å². The molecule has 0 atom stereocenters. The van der Waals surface area contributed by atoms with Crippen LogP contribution in [0.4, 0.5) is 5.69 Å². The minimum absolute atomic E-state index is 0.235. The van der Waals surface area contributed by atoms with Gasteiger partial charge in [0.1, 0.15) is 11.3 Å². The third kappa shape index (κ3) is 2.79. The van der Waals surface area contributed by atoms with Crippen molar-refractivity contribution in [3.05, 3.63) is 67.5 Å². The molecule has 1 aliphatic heterocycles. The number of aryl methyl sites for hydroxylation is 1. The highest BCUT2D eigenvalue weighted by Crippen LogP contribution is 2.41. The van der Waals surface area contributed by atoms with Crippen LogP contribution in [0, 0.1) is 0 Å². The molecule has 2 heterocycles. The van der Waals surface area contributed by atoms with Gasteiger partial charge in [-0.3, -0.25) is 0 Å². The second-order valence-corrected chi connectivity index (χ2v) is 7.89. The number of halogens is 2. The van der Waals surface area contributed by atoms with Crippen molar-refractivity contribution in [1.82, 2.24) is 0 Å². The van der Waals surface area contributed by atoms with E-state index in [0.717, 1.165) is 53.4 Å². The van der Waals surface area contributed by atoms with Crippen molar-refractivity contribution in [1.29, 1.82) is 0 Å². The van der Waals surface area contributed by atoms with Gasteiger partial charge in [0, 0.05) is 21.7 Å². The molecule has 1 aliphatic carbocycles. The molecule has 1 aromatic heterocycles. The van der Waals surface area contributed by atoms with Gasteiger partial charge in [0.2, 0.25) is 0 Å². The third-order valence-corrected chi connectivity index (χ3v) is 5.92. The lowest BCUT2D eigenvalue weighted by Crippen LogP contribution is -2.32. The van der Waals surface area contributed by atoms with Crippen molar-refractivity contribution < 1.29 is 9.15 Å². The summed E-state index contributed by atoms with van der Waals surface area (Å²) in [5.41, 5.74) is 3.99. The fourth-order valence-corrected chi connectivity index (χ4v) is 4.57.